The van der Waals surface area contributed by atoms with Crippen LogP contribution in [0.5, 0.6) is 17.2 Å². The Hall–Kier alpha value is -4.04. The van der Waals surface area contributed by atoms with Crippen LogP contribution in [0, 0.1) is 0 Å². The molecule has 2 aliphatic heterocycles. The Labute approximate surface area is 222 Å². The molecule has 0 saturated heterocycles. The Balaban J connectivity index is 1.51. The lowest BCUT2D eigenvalue weighted by molar-refractivity contribution is -0.0199. The van der Waals surface area contributed by atoms with Gasteiger partial charge in [0.05, 0.1) is 26.0 Å². The fraction of sp³-hybridized carbons (Fsp3) is 0.172. The summed E-state index contributed by atoms with van der Waals surface area (Å²) in [6, 6.07) is 23.7. The Bertz CT molecular complexity index is 1580. The number of fused-ring (bicyclic) bond motifs is 4. The van der Waals surface area contributed by atoms with Crippen molar-refractivity contribution in [3.63, 3.8) is 0 Å². The van der Waals surface area contributed by atoms with Crippen molar-refractivity contribution < 1.29 is 24.1 Å². The Morgan fingerprint density at radius 1 is 1.00 bits per heavy atom. The topological polar surface area (TPSA) is 80.6 Å². The van der Waals surface area contributed by atoms with Gasteiger partial charge in [-0.25, -0.2) is 9.80 Å². The summed E-state index contributed by atoms with van der Waals surface area (Å²) >= 11 is 3.58. The van der Waals surface area contributed by atoms with Crippen LogP contribution in [0.15, 0.2) is 82.4 Å². The highest BCUT2D eigenvalue weighted by Gasteiger charge is 2.43. The zero-order valence-electron chi connectivity index (χ0n) is 20.1. The molecule has 0 aliphatic carbocycles. The van der Waals surface area contributed by atoms with E-state index in [9.17, 15) is 9.90 Å². The van der Waals surface area contributed by atoms with E-state index < -0.39 is 12.2 Å². The molecule has 0 fully saturated rings. The van der Waals surface area contributed by atoms with Gasteiger partial charge in [0.15, 0.2) is 11.5 Å². The van der Waals surface area contributed by atoms with Crippen LogP contribution in [0.1, 0.15) is 45.7 Å². The van der Waals surface area contributed by atoms with Gasteiger partial charge in [-0.05, 0) is 52.7 Å². The fourth-order valence-corrected chi connectivity index (χ4v) is 5.55. The minimum atomic E-state index is -1.13. The zero-order chi connectivity index (χ0) is 25.7. The SMILES string of the molecule is COc1ccc(C2Oc3ccc(Br)cc3C3CC(c4ccc5ccccc5c4)=NN32)c(C(=O)O)c1OC. The van der Waals surface area contributed by atoms with Gasteiger partial charge in [0.1, 0.15) is 11.3 Å². The first kappa shape index (κ1) is 23.4. The smallest absolute Gasteiger partial charge is 0.340 e. The van der Waals surface area contributed by atoms with E-state index >= 15 is 0 Å². The molecular formula is C29H23BrN2O5. The number of benzene rings is 4. The molecule has 4 aromatic carbocycles. The van der Waals surface area contributed by atoms with Crippen LogP contribution >= 0.6 is 15.9 Å². The standard InChI is InChI=1S/C29H23BrN2O5/c1-35-25-12-10-20(26(29(33)34)27(25)36-2)28-32-23(21-14-19(30)9-11-24(21)37-28)15-22(31-32)18-8-7-16-5-3-4-6-17(16)13-18/h3-14,23,28H,15H2,1-2H3,(H,33,34). The van der Waals surface area contributed by atoms with E-state index in [1.807, 2.05) is 35.3 Å². The van der Waals surface area contributed by atoms with E-state index in [-0.39, 0.29) is 17.4 Å². The summed E-state index contributed by atoms with van der Waals surface area (Å²) in [5.41, 5.74) is 3.35. The highest BCUT2D eigenvalue weighted by molar-refractivity contribution is 9.10. The van der Waals surface area contributed by atoms with Crippen LogP contribution in [-0.4, -0.2) is 36.0 Å². The molecular weight excluding hydrogens is 536 g/mol. The summed E-state index contributed by atoms with van der Waals surface area (Å²) in [5.74, 6) is 0.0373. The van der Waals surface area contributed by atoms with Crippen molar-refractivity contribution in [1.29, 1.82) is 0 Å². The minimum absolute atomic E-state index is 0.0134. The van der Waals surface area contributed by atoms with E-state index in [0.717, 1.165) is 32.1 Å². The Morgan fingerprint density at radius 3 is 2.57 bits per heavy atom. The lowest BCUT2D eigenvalue weighted by Crippen LogP contribution is -2.34. The van der Waals surface area contributed by atoms with Gasteiger partial charge in [-0.1, -0.05) is 52.3 Å². The molecule has 2 aliphatic rings. The van der Waals surface area contributed by atoms with Crippen LogP contribution in [0.25, 0.3) is 10.8 Å². The van der Waals surface area contributed by atoms with Crippen LogP contribution in [0.3, 0.4) is 0 Å². The number of rotatable bonds is 5. The van der Waals surface area contributed by atoms with Gasteiger partial charge in [0, 0.05) is 22.0 Å². The number of hydrazone groups is 1. The van der Waals surface area contributed by atoms with E-state index in [4.69, 9.17) is 19.3 Å². The van der Waals surface area contributed by atoms with Crippen molar-refractivity contribution in [1.82, 2.24) is 5.01 Å². The molecule has 186 valence electrons. The third kappa shape index (κ3) is 3.88. The Kier molecular flexibility index (Phi) is 5.76. The number of methoxy groups -OCH3 is 2. The minimum Gasteiger partial charge on any atom is -0.493 e. The van der Waals surface area contributed by atoms with Crippen molar-refractivity contribution in [2.24, 2.45) is 5.10 Å². The van der Waals surface area contributed by atoms with E-state index in [0.29, 0.717) is 23.5 Å². The van der Waals surface area contributed by atoms with E-state index in [1.54, 1.807) is 12.1 Å². The van der Waals surface area contributed by atoms with Crippen molar-refractivity contribution in [2.45, 2.75) is 18.7 Å². The van der Waals surface area contributed by atoms with Gasteiger partial charge in [0.25, 0.3) is 0 Å². The number of hydrogen-bond acceptors (Lipinski definition) is 6. The van der Waals surface area contributed by atoms with Crippen LogP contribution in [0.4, 0.5) is 0 Å². The molecule has 8 heteroatoms. The largest absolute Gasteiger partial charge is 0.493 e. The van der Waals surface area contributed by atoms with Crippen molar-refractivity contribution >= 4 is 38.4 Å². The molecule has 0 amide bonds. The molecule has 0 bridgehead atoms. The molecule has 7 nitrogen and oxygen atoms in total. The number of halogens is 1. The lowest BCUT2D eigenvalue weighted by atomic mass is 9.94. The molecule has 4 aromatic rings. The molecule has 37 heavy (non-hydrogen) atoms. The van der Waals surface area contributed by atoms with Crippen LogP contribution < -0.4 is 14.2 Å². The average molecular weight is 559 g/mol. The summed E-state index contributed by atoms with van der Waals surface area (Å²) in [7, 11) is 2.91. The summed E-state index contributed by atoms with van der Waals surface area (Å²) in [5, 5.41) is 19.4. The van der Waals surface area contributed by atoms with Crippen molar-refractivity contribution in [3.8, 4) is 17.2 Å². The van der Waals surface area contributed by atoms with Crippen molar-refractivity contribution in [2.75, 3.05) is 14.2 Å². The number of carbonyl (C=O) groups is 1. The second-order valence-electron chi connectivity index (χ2n) is 8.93. The first-order valence-corrected chi connectivity index (χ1v) is 12.6. The van der Waals surface area contributed by atoms with Crippen LogP contribution in [0.2, 0.25) is 0 Å². The first-order chi connectivity index (χ1) is 18.0. The predicted molar refractivity (Wildman–Crippen MR) is 144 cm³/mol. The normalized spacial score (nSPS) is 18.0. The lowest BCUT2D eigenvalue weighted by Gasteiger charge is -2.38. The van der Waals surface area contributed by atoms with Gasteiger partial charge >= 0.3 is 5.97 Å². The molecule has 0 saturated carbocycles. The summed E-state index contributed by atoms with van der Waals surface area (Å²) in [4.78, 5) is 12.5. The fourth-order valence-electron chi connectivity index (χ4n) is 5.18. The molecule has 2 heterocycles. The highest BCUT2D eigenvalue weighted by Crippen LogP contribution is 2.50. The summed E-state index contributed by atoms with van der Waals surface area (Å²) in [6.07, 6.45) is -0.125. The third-order valence-electron chi connectivity index (χ3n) is 6.89. The zero-order valence-corrected chi connectivity index (χ0v) is 21.7. The molecule has 0 aromatic heterocycles. The molecule has 2 atom stereocenters. The van der Waals surface area contributed by atoms with Crippen LogP contribution in [-0.2, 0) is 0 Å². The van der Waals surface area contributed by atoms with E-state index in [1.165, 1.54) is 14.2 Å². The van der Waals surface area contributed by atoms with Gasteiger partial charge in [-0.3, -0.25) is 0 Å². The highest BCUT2D eigenvalue weighted by atomic mass is 79.9. The maximum atomic E-state index is 12.5. The molecule has 2 unspecified atom stereocenters. The number of ether oxygens (including phenoxy) is 3. The number of aromatic carboxylic acids is 1. The first-order valence-electron chi connectivity index (χ1n) is 11.8. The number of carboxylic acids is 1. The maximum absolute atomic E-state index is 12.5. The molecule has 1 N–H and O–H groups in total. The molecule has 6 rings (SSSR count). The summed E-state index contributed by atoms with van der Waals surface area (Å²) in [6.45, 7) is 0. The average Bonchev–Trinajstić information content (AvgIpc) is 3.37. The van der Waals surface area contributed by atoms with Gasteiger partial charge < -0.3 is 19.3 Å². The van der Waals surface area contributed by atoms with Gasteiger partial charge in [-0.15, -0.1) is 0 Å². The maximum Gasteiger partial charge on any atom is 0.340 e. The number of hydrogen-bond donors (Lipinski definition) is 1. The second kappa shape index (κ2) is 9.12. The van der Waals surface area contributed by atoms with Gasteiger partial charge in [-0.2, -0.15) is 5.10 Å². The predicted octanol–water partition coefficient (Wildman–Crippen LogP) is 6.56. The monoisotopic (exact) mass is 558 g/mol. The molecule has 0 spiro atoms. The van der Waals surface area contributed by atoms with Gasteiger partial charge in [0.2, 0.25) is 6.23 Å². The Morgan fingerprint density at radius 2 is 1.81 bits per heavy atom. The van der Waals surface area contributed by atoms with E-state index in [2.05, 4.69) is 46.3 Å². The number of nitrogens with zero attached hydrogens (tertiary/aromatic N) is 2. The number of carboxylic acid groups (broad SMARTS) is 1. The quantitative estimate of drug-likeness (QED) is 0.298. The van der Waals surface area contributed by atoms with Crippen molar-refractivity contribution in [3.05, 3.63) is 99.5 Å². The third-order valence-corrected chi connectivity index (χ3v) is 7.39. The summed E-state index contributed by atoms with van der Waals surface area (Å²) < 4.78 is 18.2. The molecule has 0 radical (unpaired) electrons. The second-order valence-corrected chi connectivity index (χ2v) is 9.85.